The molecule has 1 unspecified atom stereocenters. The molecule has 1 atom stereocenters. The van der Waals surface area contributed by atoms with Gasteiger partial charge in [-0.05, 0) is 38.1 Å². The van der Waals surface area contributed by atoms with E-state index in [1.165, 1.54) is 0 Å². The fraction of sp³-hybridized carbons (Fsp3) is 0.357. The topological polar surface area (TPSA) is 24.9 Å². The van der Waals surface area contributed by atoms with Crippen LogP contribution in [0.2, 0.25) is 10.0 Å². The van der Waals surface area contributed by atoms with Crippen molar-refractivity contribution in [3.63, 3.8) is 0 Å². The summed E-state index contributed by atoms with van der Waals surface area (Å²) in [6.07, 6.45) is 1.11. The number of benzene rings is 1. The van der Waals surface area contributed by atoms with Crippen molar-refractivity contribution in [2.24, 2.45) is 0 Å². The van der Waals surface area contributed by atoms with Gasteiger partial charge in [0.2, 0.25) is 0 Å². The first-order valence-corrected chi connectivity index (χ1v) is 7.89. The Kier molecular flexibility index (Phi) is 5.22. The van der Waals surface area contributed by atoms with Gasteiger partial charge < -0.3 is 5.32 Å². The van der Waals surface area contributed by atoms with Crippen LogP contribution in [0.1, 0.15) is 32.0 Å². The first kappa shape index (κ1) is 14.8. The van der Waals surface area contributed by atoms with Crippen molar-refractivity contribution in [2.45, 2.75) is 26.3 Å². The number of nitrogens with zero attached hydrogens (tertiary/aromatic N) is 1. The van der Waals surface area contributed by atoms with E-state index in [4.69, 9.17) is 23.2 Å². The van der Waals surface area contributed by atoms with Crippen molar-refractivity contribution in [3.8, 4) is 10.6 Å². The molecule has 19 heavy (non-hydrogen) atoms. The van der Waals surface area contributed by atoms with Gasteiger partial charge in [-0.1, -0.05) is 30.1 Å². The lowest BCUT2D eigenvalue weighted by atomic mass is 10.2. The standard InChI is InChI=1S/C14H16Cl2N2S/c1-3-6-17-9(2)13-8-19-14(18-13)11-7-10(15)4-5-12(11)16/h4-5,7-9,17H,3,6H2,1-2H3. The van der Waals surface area contributed by atoms with Crippen LogP contribution in [0, 0.1) is 0 Å². The summed E-state index contributed by atoms with van der Waals surface area (Å²) >= 11 is 13.8. The molecule has 0 bridgehead atoms. The van der Waals surface area contributed by atoms with Crippen LogP contribution in [0.25, 0.3) is 10.6 Å². The second kappa shape index (κ2) is 6.71. The van der Waals surface area contributed by atoms with Crippen molar-refractivity contribution >= 4 is 34.5 Å². The molecule has 0 aliphatic carbocycles. The van der Waals surface area contributed by atoms with Gasteiger partial charge in [-0.15, -0.1) is 11.3 Å². The molecule has 2 nitrogen and oxygen atoms in total. The van der Waals surface area contributed by atoms with E-state index < -0.39 is 0 Å². The average molecular weight is 315 g/mol. The molecule has 5 heteroatoms. The van der Waals surface area contributed by atoms with Gasteiger partial charge in [0, 0.05) is 22.0 Å². The smallest absolute Gasteiger partial charge is 0.125 e. The van der Waals surface area contributed by atoms with Gasteiger partial charge in [-0.3, -0.25) is 0 Å². The highest BCUT2D eigenvalue weighted by Gasteiger charge is 2.12. The van der Waals surface area contributed by atoms with Crippen LogP contribution >= 0.6 is 34.5 Å². The molecule has 0 aliphatic heterocycles. The van der Waals surface area contributed by atoms with E-state index in [1.54, 1.807) is 23.5 Å². The van der Waals surface area contributed by atoms with Crippen LogP contribution in [0.4, 0.5) is 0 Å². The van der Waals surface area contributed by atoms with E-state index in [-0.39, 0.29) is 6.04 Å². The largest absolute Gasteiger partial charge is 0.309 e. The number of thiazole rings is 1. The summed E-state index contributed by atoms with van der Waals surface area (Å²) in [4.78, 5) is 4.65. The highest BCUT2D eigenvalue weighted by atomic mass is 35.5. The van der Waals surface area contributed by atoms with E-state index in [0.717, 1.165) is 29.2 Å². The lowest BCUT2D eigenvalue weighted by Gasteiger charge is -2.09. The first-order valence-electron chi connectivity index (χ1n) is 6.26. The van der Waals surface area contributed by atoms with E-state index >= 15 is 0 Å². The summed E-state index contributed by atoms with van der Waals surface area (Å²) in [5, 5.41) is 7.76. The van der Waals surface area contributed by atoms with Crippen LogP contribution in [0.3, 0.4) is 0 Å². The molecule has 0 amide bonds. The fourth-order valence-electron chi connectivity index (χ4n) is 1.74. The quantitative estimate of drug-likeness (QED) is 0.822. The second-order valence-electron chi connectivity index (χ2n) is 4.38. The molecule has 0 spiro atoms. The second-order valence-corrected chi connectivity index (χ2v) is 6.08. The highest BCUT2D eigenvalue weighted by molar-refractivity contribution is 7.13. The summed E-state index contributed by atoms with van der Waals surface area (Å²) in [7, 11) is 0. The molecule has 0 saturated heterocycles. The summed E-state index contributed by atoms with van der Waals surface area (Å²) in [6, 6.07) is 5.70. The van der Waals surface area contributed by atoms with Crippen LogP contribution in [-0.4, -0.2) is 11.5 Å². The summed E-state index contributed by atoms with van der Waals surface area (Å²) in [6.45, 7) is 5.26. The number of aromatic nitrogens is 1. The van der Waals surface area contributed by atoms with Crippen molar-refractivity contribution in [1.29, 1.82) is 0 Å². The zero-order valence-electron chi connectivity index (χ0n) is 10.9. The summed E-state index contributed by atoms with van der Waals surface area (Å²) < 4.78 is 0. The minimum Gasteiger partial charge on any atom is -0.309 e. The zero-order chi connectivity index (χ0) is 13.8. The predicted molar refractivity (Wildman–Crippen MR) is 84.3 cm³/mol. The number of halogens is 2. The third-order valence-electron chi connectivity index (χ3n) is 2.82. The van der Waals surface area contributed by atoms with Crippen molar-refractivity contribution < 1.29 is 0 Å². The Morgan fingerprint density at radius 2 is 2.16 bits per heavy atom. The highest BCUT2D eigenvalue weighted by Crippen LogP contribution is 2.33. The Hall–Kier alpha value is -0.610. The van der Waals surface area contributed by atoms with Gasteiger partial charge in [-0.25, -0.2) is 4.98 Å². The summed E-state index contributed by atoms with van der Waals surface area (Å²) in [5.74, 6) is 0. The minimum atomic E-state index is 0.253. The molecular formula is C14H16Cl2N2S. The Labute approximate surface area is 127 Å². The lowest BCUT2D eigenvalue weighted by molar-refractivity contribution is 0.561. The van der Waals surface area contributed by atoms with Gasteiger partial charge >= 0.3 is 0 Å². The molecule has 1 N–H and O–H groups in total. The van der Waals surface area contributed by atoms with E-state index in [1.807, 2.05) is 6.07 Å². The van der Waals surface area contributed by atoms with Crippen molar-refractivity contribution in [2.75, 3.05) is 6.54 Å². The Bertz CT molecular complexity index is 554. The molecule has 1 aromatic heterocycles. The number of rotatable bonds is 5. The number of hydrogen-bond acceptors (Lipinski definition) is 3. The fourth-order valence-corrected chi connectivity index (χ4v) is 3.11. The monoisotopic (exact) mass is 314 g/mol. The van der Waals surface area contributed by atoms with Crippen molar-refractivity contribution in [3.05, 3.63) is 39.3 Å². The minimum absolute atomic E-state index is 0.253. The Morgan fingerprint density at radius 1 is 1.37 bits per heavy atom. The normalized spacial score (nSPS) is 12.6. The molecule has 1 aromatic carbocycles. The van der Waals surface area contributed by atoms with Gasteiger partial charge in [0.15, 0.2) is 0 Å². The molecular weight excluding hydrogens is 299 g/mol. The first-order chi connectivity index (χ1) is 9.11. The zero-order valence-corrected chi connectivity index (χ0v) is 13.2. The Morgan fingerprint density at radius 3 is 2.89 bits per heavy atom. The predicted octanol–water partition coefficient (Wildman–Crippen LogP) is 5.18. The van der Waals surface area contributed by atoms with E-state index in [0.29, 0.717) is 10.0 Å². The van der Waals surface area contributed by atoms with Gasteiger partial charge in [0.25, 0.3) is 0 Å². The maximum absolute atomic E-state index is 6.20. The molecule has 0 radical (unpaired) electrons. The van der Waals surface area contributed by atoms with Gasteiger partial charge in [0.05, 0.1) is 10.7 Å². The summed E-state index contributed by atoms with van der Waals surface area (Å²) in [5.41, 5.74) is 1.94. The third-order valence-corrected chi connectivity index (χ3v) is 4.28. The van der Waals surface area contributed by atoms with E-state index in [9.17, 15) is 0 Å². The molecule has 0 fully saturated rings. The third kappa shape index (κ3) is 3.69. The molecule has 2 aromatic rings. The molecule has 102 valence electrons. The lowest BCUT2D eigenvalue weighted by Crippen LogP contribution is -2.19. The average Bonchev–Trinajstić information content (AvgIpc) is 2.88. The van der Waals surface area contributed by atoms with Crippen molar-refractivity contribution in [1.82, 2.24) is 10.3 Å². The van der Waals surface area contributed by atoms with Crippen LogP contribution in [-0.2, 0) is 0 Å². The maximum Gasteiger partial charge on any atom is 0.125 e. The Balaban J connectivity index is 2.23. The molecule has 1 heterocycles. The van der Waals surface area contributed by atoms with Gasteiger partial charge in [0.1, 0.15) is 5.01 Å². The number of nitrogens with one attached hydrogen (secondary N) is 1. The van der Waals surface area contributed by atoms with Crippen LogP contribution in [0.5, 0.6) is 0 Å². The van der Waals surface area contributed by atoms with Crippen LogP contribution < -0.4 is 5.32 Å². The molecule has 2 rings (SSSR count). The number of hydrogen-bond donors (Lipinski definition) is 1. The maximum atomic E-state index is 6.20. The molecule has 0 aliphatic rings. The van der Waals surface area contributed by atoms with Crippen LogP contribution in [0.15, 0.2) is 23.6 Å². The SMILES string of the molecule is CCCNC(C)c1csc(-c2cc(Cl)ccc2Cl)n1. The van der Waals surface area contributed by atoms with Gasteiger partial charge in [-0.2, -0.15) is 0 Å². The molecule has 0 saturated carbocycles. The van der Waals surface area contributed by atoms with E-state index in [2.05, 4.69) is 29.5 Å².